The molecule has 0 amide bonds. The highest BCUT2D eigenvalue weighted by Crippen LogP contribution is 2.21. The number of methoxy groups -OCH3 is 1. The van der Waals surface area contributed by atoms with Crippen LogP contribution in [0.15, 0.2) is 18.2 Å². The monoisotopic (exact) mass is 217 g/mol. The van der Waals surface area contributed by atoms with Crippen LogP contribution in [0.25, 0.3) is 0 Å². The van der Waals surface area contributed by atoms with E-state index in [-0.39, 0.29) is 17.0 Å². The second-order valence-electron chi connectivity index (χ2n) is 2.66. The molecule has 0 spiro atoms. The molecule has 0 saturated heterocycles. The highest BCUT2D eigenvalue weighted by atomic mass is 19.3. The largest absolute Gasteiger partial charge is 0.465 e. The van der Waals surface area contributed by atoms with Crippen LogP contribution in [0.2, 0.25) is 0 Å². The van der Waals surface area contributed by atoms with Crippen molar-refractivity contribution in [1.82, 2.24) is 0 Å². The van der Waals surface area contributed by atoms with Crippen LogP contribution in [-0.2, 0) is 4.74 Å². The molecule has 0 aliphatic carbocycles. The third-order valence-electron chi connectivity index (χ3n) is 1.58. The van der Waals surface area contributed by atoms with Gasteiger partial charge in [-0.2, -0.15) is 8.78 Å². The van der Waals surface area contributed by atoms with Crippen LogP contribution >= 0.6 is 0 Å². The second kappa shape index (κ2) is 4.59. The molecule has 0 saturated carbocycles. The molecule has 0 radical (unpaired) electrons. The van der Waals surface area contributed by atoms with Gasteiger partial charge in [0, 0.05) is 11.8 Å². The number of halogens is 2. The smallest absolute Gasteiger partial charge is 0.387 e. The number of esters is 1. The average molecular weight is 217 g/mol. The van der Waals surface area contributed by atoms with Crippen LogP contribution in [0.4, 0.5) is 14.5 Å². The lowest BCUT2D eigenvalue weighted by atomic mass is 10.2. The summed E-state index contributed by atoms with van der Waals surface area (Å²) in [4.78, 5) is 11.1. The lowest BCUT2D eigenvalue weighted by Gasteiger charge is -2.07. The van der Waals surface area contributed by atoms with Gasteiger partial charge in [0.05, 0.1) is 12.7 Å². The van der Waals surface area contributed by atoms with Gasteiger partial charge < -0.3 is 15.2 Å². The van der Waals surface area contributed by atoms with Crippen molar-refractivity contribution in [1.29, 1.82) is 0 Å². The third kappa shape index (κ3) is 3.08. The Morgan fingerprint density at radius 1 is 1.40 bits per heavy atom. The van der Waals surface area contributed by atoms with Crippen LogP contribution in [-0.4, -0.2) is 19.7 Å². The summed E-state index contributed by atoms with van der Waals surface area (Å²) in [6.45, 7) is -2.96. The Balaban J connectivity index is 2.99. The lowest BCUT2D eigenvalue weighted by molar-refractivity contribution is -0.0498. The summed E-state index contributed by atoms with van der Waals surface area (Å²) < 4.78 is 32.3. The molecule has 0 unspecified atom stereocenters. The van der Waals surface area contributed by atoms with Gasteiger partial charge in [-0.05, 0) is 12.1 Å². The van der Waals surface area contributed by atoms with Crippen molar-refractivity contribution >= 4 is 11.7 Å². The topological polar surface area (TPSA) is 61.5 Å². The van der Waals surface area contributed by atoms with Crippen LogP contribution in [0.1, 0.15) is 10.4 Å². The van der Waals surface area contributed by atoms with E-state index in [2.05, 4.69) is 9.47 Å². The molecule has 0 aromatic heterocycles. The van der Waals surface area contributed by atoms with Crippen molar-refractivity contribution in [3.8, 4) is 5.75 Å². The number of nitrogen functional groups attached to an aromatic ring is 1. The van der Waals surface area contributed by atoms with Gasteiger partial charge >= 0.3 is 12.6 Å². The Morgan fingerprint density at radius 3 is 2.60 bits per heavy atom. The van der Waals surface area contributed by atoms with Crippen molar-refractivity contribution < 1.29 is 23.0 Å². The number of alkyl halides is 2. The molecule has 4 nitrogen and oxygen atoms in total. The first-order valence-corrected chi connectivity index (χ1v) is 3.96. The van der Waals surface area contributed by atoms with E-state index < -0.39 is 12.6 Å². The average Bonchev–Trinajstić information content (AvgIpc) is 2.14. The molecule has 0 bridgehead atoms. The van der Waals surface area contributed by atoms with Gasteiger partial charge in [-0.25, -0.2) is 4.79 Å². The van der Waals surface area contributed by atoms with Crippen molar-refractivity contribution in [2.75, 3.05) is 12.8 Å². The molecule has 0 heterocycles. The Hall–Kier alpha value is -1.85. The second-order valence-corrected chi connectivity index (χ2v) is 2.66. The zero-order chi connectivity index (χ0) is 11.4. The van der Waals surface area contributed by atoms with Gasteiger partial charge in [0.2, 0.25) is 0 Å². The zero-order valence-corrected chi connectivity index (χ0v) is 7.87. The maximum atomic E-state index is 11.9. The van der Waals surface area contributed by atoms with E-state index in [0.717, 1.165) is 6.07 Å². The standard InChI is InChI=1S/C9H9F2NO3/c1-14-8(13)5-2-6(12)4-7(3-5)15-9(10)11/h2-4,9H,12H2,1H3. The first-order valence-electron chi connectivity index (χ1n) is 3.96. The number of hydrogen-bond donors (Lipinski definition) is 1. The summed E-state index contributed by atoms with van der Waals surface area (Å²) in [5.74, 6) is -0.841. The molecule has 15 heavy (non-hydrogen) atoms. The number of rotatable bonds is 3. The van der Waals surface area contributed by atoms with Crippen LogP contribution in [0, 0.1) is 0 Å². The number of benzene rings is 1. The van der Waals surface area contributed by atoms with E-state index in [0.29, 0.717) is 0 Å². The maximum Gasteiger partial charge on any atom is 0.387 e. The van der Waals surface area contributed by atoms with E-state index in [4.69, 9.17) is 5.73 Å². The summed E-state index contributed by atoms with van der Waals surface area (Å²) >= 11 is 0. The number of carbonyl (C=O) groups excluding carboxylic acids is 1. The molecule has 2 N–H and O–H groups in total. The fourth-order valence-electron chi connectivity index (χ4n) is 1.03. The first kappa shape index (κ1) is 11.2. The van der Waals surface area contributed by atoms with Crippen LogP contribution < -0.4 is 10.5 Å². The van der Waals surface area contributed by atoms with E-state index >= 15 is 0 Å². The van der Waals surface area contributed by atoms with Crippen LogP contribution in [0.3, 0.4) is 0 Å². The Morgan fingerprint density at radius 2 is 2.07 bits per heavy atom. The van der Waals surface area contributed by atoms with Gasteiger partial charge in [-0.3, -0.25) is 0 Å². The molecule has 6 heteroatoms. The summed E-state index contributed by atoms with van der Waals surface area (Å²) in [7, 11) is 1.18. The minimum atomic E-state index is -2.96. The molecule has 0 aliphatic rings. The molecular formula is C9H9F2NO3. The van der Waals surface area contributed by atoms with E-state index in [1.54, 1.807) is 0 Å². The molecule has 82 valence electrons. The predicted octanol–water partition coefficient (Wildman–Crippen LogP) is 1.66. The summed E-state index contributed by atoms with van der Waals surface area (Å²) in [5, 5.41) is 0. The quantitative estimate of drug-likeness (QED) is 0.617. The third-order valence-corrected chi connectivity index (χ3v) is 1.58. The fraction of sp³-hybridized carbons (Fsp3) is 0.222. The lowest BCUT2D eigenvalue weighted by Crippen LogP contribution is -2.06. The molecular weight excluding hydrogens is 208 g/mol. The highest BCUT2D eigenvalue weighted by Gasteiger charge is 2.11. The number of hydrogen-bond acceptors (Lipinski definition) is 4. The molecule has 1 aromatic carbocycles. The first-order chi connectivity index (χ1) is 7.02. The minimum Gasteiger partial charge on any atom is -0.465 e. The Labute approximate surface area is 84.6 Å². The van der Waals surface area contributed by atoms with Gasteiger partial charge in [0.15, 0.2) is 0 Å². The van der Waals surface area contributed by atoms with Gasteiger partial charge in [0.1, 0.15) is 5.75 Å². The van der Waals surface area contributed by atoms with Gasteiger partial charge in [-0.15, -0.1) is 0 Å². The molecule has 1 aromatic rings. The SMILES string of the molecule is COC(=O)c1cc(N)cc(OC(F)F)c1. The summed E-state index contributed by atoms with van der Waals surface area (Å²) in [5.41, 5.74) is 5.60. The normalized spacial score (nSPS) is 10.1. The fourth-order valence-corrected chi connectivity index (χ4v) is 1.03. The number of carbonyl (C=O) groups is 1. The van der Waals surface area contributed by atoms with Crippen molar-refractivity contribution in [2.45, 2.75) is 6.61 Å². The number of nitrogens with two attached hydrogens (primary N) is 1. The Bertz CT molecular complexity index is 368. The summed E-state index contributed by atoms with van der Waals surface area (Å²) in [6.07, 6.45) is 0. The number of anilines is 1. The minimum absolute atomic E-state index is 0.0631. The van der Waals surface area contributed by atoms with Crippen molar-refractivity contribution in [3.05, 3.63) is 23.8 Å². The summed E-state index contributed by atoms with van der Waals surface area (Å²) in [6, 6.07) is 3.64. The molecule has 1 rings (SSSR count). The number of ether oxygens (including phenoxy) is 2. The highest BCUT2D eigenvalue weighted by molar-refractivity contribution is 5.90. The van der Waals surface area contributed by atoms with E-state index in [1.165, 1.54) is 19.2 Å². The van der Waals surface area contributed by atoms with Crippen molar-refractivity contribution in [2.24, 2.45) is 0 Å². The van der Waals surface area contributed by atoms with E-state index in [9.17, 15) is 13.6 Å². The zero-order valence-electron chi connectivity index (χ0n) is 7.87. The van der Waals surface area contributed by atoms with Crippen LogP contribution in [0.5, 0.6) is 5.75 Å². The van der Waals surface area contributed by atoms with Gasteiger partial charge in [-0.1, -0.05) is 0 Å². The Kier molecular flexibility index (Phi) is 3.43. The molecule has 0 aliphatic heterocycles. The maximum absolute atomic E-state index is 11.9. The van der Waals surface area contributed by atoms with E-state index in [1.807, 2.05) is 0 Å². The molecule has 0 atom stereocenters. The van der Waals surface area contributed by atoms with Crippen molar-refractivity contribution in [3.63, 3.8) is 0 Å². The molecule has 0 fully saturated rings. The van der Waals surface area contributed by atoms with Gasteiger partial charge in [0.25, 0.3) is 0 Å². The predicted molar refractivity (Wildman–Crippen MR) is 48.8 cm³/mol.